The number of hydrogen-bond acceptors (Lipinski definition) is 3. The highest BCUT2D eigenvalue weighted by atomic mass is 32.2. The zero-order valence-corrected chi connectivity index (χ0v) is 11.6. The molecule has 1 heterocycles. The largest absolute Gasteiger partial charge is 0.491 e. The molecule has 0 aliphatic carbocycles. The van der Waals surface area contributed by atoms with E-state index in [4.69, 9.17) is 4.74 Å². The van der Waals surface area contributed by atoms with Crippen LogP contribution in [0.1, 0.15) is 26.7 Å². The van der Waals surface area contributed by atoms with Crippen LogP contribution in [0.5, 0.6) is 5.75 Å². The second-order valence-electron chi connectivity index (χ2n) is 4.76. The van der Waals surface area contributed by atoms with Gasteiger partial charge in [-0.15, -0.1) is 0 Å². The summed E-state index contributed by atoms with van der Waals surface area (Å²) in [5.74, 6) is 1.01. The highest BCUT2D eigenvalue weighted by molar-refractivity contribution is 7.92. The fourth-order valence-corrected chi connectivity index (χ4v) is 3.68. The maximum absolute atomic E-state index is 11.9. The van der Waals surface area contributed by atoms with Crippen LogP contribution in [0.3, 0.4) is 0 Å². The normalized spacial score (nSPS) is 18.9. The van der Waals surface area contributed by atoms with Gasteiger partial charge >= 0.3 is 0 Å². The van der Waals surface area contributed by atoms with Gasteiger partial charge in [0.1, 0.15) is 5.75 Å². The van der Waals surface area contributed by atoms with Crippen LogP contribution in [-0.2, 0) is 10.0 Å². The van der Waals surface area contributed by atoms with Crippen LogP contribution in [0.4, 0.5) is 5.69 Å². The molecule has 1 aliphatic heterocycles. The van der Waals surface area contributed by atoms with E-state index in [0.717, 1.165) is 24.3 Å². The fourth-order valence-electron chi connectivity index (χ4n) is 2.04. The summed E-state index contributed by atoms with van der Waals surface area (Å²) in [5, 5.41) is 0. The van der Waals surface area contributed by atoms with Crippen LogP contribution in [0.25, 0.3) is 0 Å². The maximum atomic E-state index is 11.9. The molecule has 0 aromatic heterocycles. The lowest BCUT2D eigenvalue weighted by atomic mass is 10.2. The van der Waals surface area contributed by atoms with Crippen molar-refractivity contribution in [2.24, 2.45) is 0 Å². The number of hydrogen-bond donors (Lipinski definition) is 0. The first-order valence-corrected chi connectivity index (χ1v) is 7.87. The van der Waals surface area contributed by atoms with Crippen LogP contribution in [0, 0.1) is 0 Å². The summed E-state index contributed by atoms with van der Waals surface area (Å²) in [4.78, 5) is 0. The Morgan fingerprint density at radius 2 is 1.83 bits per heavy atom. The number of nitrogens with zero attached hydrogens (tertiary/aromatic N) is 1. The molecule has 1 aromatic carbocycles. The molecule has 2 rings (SSSR count). The van der Waals surface area contributed by atoms with Gasteiger partial charge in [0, 0.05) is 6.54 Å². The van der Waals surface area contributed by atoms with Crippen molar-refractivity contribution in [3.63, 3.8) is 0 Å². The van der Waals surface area contributed by atoms with Gasteiger partial charge in [-0.1, -0.05) is 0 Å². The molecule has 1 saturated heterocycles. The summed E-state index contributed by atoms with van der Waals surface area (Å²) >= 11 is 0. The van der Waals surface area contributed by atoms with Gasteiger partial charge in [0.25, 0.3) is 0 Å². The second-order valence-corrected chi connectivity index (χ2v) is 6.77. The zero-order chi connectivity index (χ0) is 13.2. The Kier molecular flexibility index (Phi) is 3.80. The van der Waals surface area contributed by atoms with Gasteiger partial charge in [0.2, 0.25) is 10.0 Å². The molecule has 1 aliphatic rings. The summed E-state index contributed by atoms with van der Waals surface area (Å²) in [5.41, 5.74) is 0.728. The van der Waals surface area contributed by atoms with E-state index in [-0.39, 0.29) is 11.9 Å². The third-order valence-corrected chi connectivity index (χ3v) is 4.72. The zero-order valence-electron chi connectivity index (χ0n) is 10.8. The van der Waals surface area contributed by atoms with Gasteiger partial charge < -0.3 is 4.74 Å². The fraction of sp³-hybridized carbons (Fsp3) is 0.538. The Morgan fingerprint density at radius 3 is 2.39 bits per heavy atom. The van der Waals surface area contributed by atoms with Gasteiger partial charge in [-0.3, -0.25) is 4.31 Å². The van der Waals surface area contributed by atoms with E-state index in [9.17, 15) is 8.42 Å². The van der Waals surface area contributed by atoms with Crippen molar-refractivity contribution in [2.45, 2.75) is 32.8 Å². The smallest absolute Gasteiger partial charge is 0.235 e. The molecule has 0 bridgehead atoms. The van der Waals surface area contributed by atoms with Crippen molar-refractivity contribution in [1.29, 1.82) is 0 Å². The lowest BCUT2D eigenvalue weighted by molar-refractivity contribution is 0.242. The average Bonchev–Trinajstić information content (AvgIpc) is 2.29. The molecule has 1 aromatic rings. The standard InChI is InChI=1S/C13H19NO3S/c1-11(2)17-13-7-5-12(6-8-13)14-9-3-4-10-18(14,15)16/h5-8,11H,3-4,9-10H2,1-2H3. The molecule has 18 heavy (non-hydrogen) atoms. The Bertz CT molecular complexity index is 493. The predicted molar refractivity (Wildman–Crippen MR) is 72.6 cm³/mol. The number of ether oxygens (including phenoxy) is 1. The second kappa shape index (κ2) is 5.18. The molecule has 0 saturated carbocycles. The molecule has 0 radical (unpaired) electrons. The lowest BCUT2D eigenvalue weighted by Crippen LogP contribution is -2.37. The Hall–Kier alpha value is -1.23. The van der Waals surface area contributed by atoms with Crippen molar-refractivity contribution in [3.8, 4) is 5.75 Å². The summed E-state index contributed by atoms with van der Waals surface area (Å²) in [7, 11) is -3.12. The van der Waals surface area contributed by atoms with Crippen molar-refractivity contribution in [3.05, 3.63) is 24.3 Å². The van der Waals surface area contributed by atoms with E-state index in [1.54, 1.807) is 12.1 Å². The Balaban J connectivity index is 2.18. The van der Waals surface area contributed by atoms with Gasteiger partial charge in [0.15, 0.2) is 0 Å². The van der Waals surface area contributed by atoms with Gasteiger partial charge in [-0.25, -0.2) is 8.42 Å². The van der Waals surface area contributed by atoms with Crippen LogP contribution >= 0.6 is 0 Å². The number of benzene rings is 1. The summed E-state index contributed by atoms with van der Waals surface area (Å²) < 4.78 is 30.9. The molecule has 100 valence electrons. The first-order chi connectivity index (χ1) is 8.49. The lowest BCUT2D eigenvalue weighted by Gasteiger charge is -2.28. The minimum atomic E-state index is -3.12. The minimum Gasteiger partial charge on any atom is -0.491 e. The molecule has 0 amide bonds. The quantitative estimate of drug-likeness (QED) is 0.846. The third-order valence-electron chi connectivity index (χ3n) is 2.85. The Morgan fingerprint density at radius 1 is 1.17 bits per heavy atom. The predicted octanol–water partition coefficient (Wildman–Crippen LogP) is 2.40. The summed E-state index contributed by atoms with van der Waals surface area (Å²) in [6.07, 6.45) is 1.80. The first kappa shape index (κ1) is 13.2. The number of rotatable bonds is 3. The van der Waals surface area contributed by atoms with E-state index >= 15 is 0 Å². The molecular formula is C13H19NO3S. The highest BCUT2D eigenvalue weighted by Crippen LogP contribution is 2.25. The molecule has 0 N–H and O–H groups in total. The maximum Gasteiger partial charge on any atom is 0.235 e. The summed E-state index contributed by atoms with van der Waals surface area (Å²) in [6.45, 7) is 4.50. The van der Waals surface area contributed by atoms with Crippen LogP contribution < -0.4 is 9.04 Å². The topological polar surface area (TPSA) is 46.6 Å². The van der Waals surface area contributed by atoms with Crippen molar-refractivity contribution < 1.29 is 13.2 Å². The van der Waals surface area contributed by atoms with E-state index in [1.165, 1.54) is 4.31 Å². The van der Waals surface area contributed by atoms with E-state index < -0.39 is 10.0 Å². The number of anilines is 1. The molecular weight excluding hydrogens is 250 g/mol. The molecule has 5 heteroatoms. The van der Waals surface area contributed by atoms with Crippen molar-refractivity contribution in [1.82, 2.24) is 0 Å². The Labute approximate surface area is 109 Å². The van der Waals surface area contributed by atoms with Crippen molar-refractivity contribution in [2.75, 3.05) is 16.6 Å². The third kappa shape index (κ3) is 2.96. The van der Waals surface area contributed by atoms with Crippen LogP contribution in [-0.4, -0.2) is 26.8 Å². The average molecular weight is 269 g/mol. The van der Waals surface area contributed by atoms with Gasteiger partial charge in [0.05, 0.1) is 17.5 Å². The van der Waals surface area contributed by atoms with E-state index in [1.807, 2.05) is 26.0 Å². The SMILES string of the molecule is CC(C)Oc1ccc(N2CCCCS2(=O)=O)cc1. The molecule has 4 nitrogen and oxygen atoms in total. The van der Waals surface area contributed by atoms with Gasteiger partial charge in [-0.05, 0) is 51.0 Å². The molecule has 1 fully saturated rings. The monoisotopic (exact) mass is 269 g/mol. The van der Waals surface area contributed by atoms with Crippen LogP contribution in [0.15, 0.2) is 24.3 Å². The van der Waals surface area contributed by atoms with E-state index in [0.29, 0.717) is 6.54 Å². The summed E-state index contributed by atoms with van der Waals surface area (Å²) in [6, 6.07) is 7.25. The number of sulfonamides is 1. The van der Waals surface area contributed by atoms with E-state index in [2.05, 4.69) is 0 Å². The van der Waals surface area contributed by atoms with Crippen molar-refractivity contribution >= 4 is 15.7 Å². The molecule has 0 atom stereocenters. The molecule has 0 spiro atoms. The first-order valence-electron chi connectivity index (χ1n) is 6.26. The van der Waals surface area contributed by atoms with Crippen LogP contribution in [0.2, 0.25) is 0 Å². The molecule has 0 unspecified atom stereocenters. The van der Waals surface area contributed by atoms with Gasteiger partial charge in [-0.2, -0.15) is 0 Å². The highest BCUT2D eigenvalue weighted by Gasteiger charge is 2.25. The minimum absolute atomic E-state index is 0.120.